The molecule has 7 nitrogen and oxygen atoms in total. The molecule has 4 N–H and O–H groups in total. The molecule has 21 heavy (non-hydrogen) atoms. The van der Waals surface area contributed by atoms with Crippen molar-refractivity contribution in [2.45, 2.75) is 26.3 Å². The highest BCUT2D eigenvalue weighted by atomic mass is 15.2. The highest BCUT2D eigenvalue weighted by Crippen LogP contribution is 2.28. The Morgan fingerprint density at radius 3 is 2.81 bits per heavy atom. The molecule has 1 aliphatic rings. The van der Waals surface area contributed by atoms with Gasteiger partial charge in [-0.15, -0.1) is 0 Å². The SMILES string of the molecule is CN[C@@H]1CCN(c2cc(-c3c(C)n[nH]c3C)nc(N)n2)C1. The Bertz CT molecular complexity index is 629. The molecule has 0 amide bonds. The first-order valence-corrected chi connectivity index (χ1v) is 7.17. The van der Waals surface area contributed by atoms with E-state index in [1.807, 2.05) is 27.0 Å². The molecular weight excluding hydrogens is 266 g/mol. The molecule has 2 aromatic heterocycles. The first kappa shape index (κ1) is 13.8. The van der Waals surface area contributed by atoms with E-state index >= 15 is 0 Å². The van der Waals surface area contributed by atoms with Crippen molar-refractivity contribution in [3.63, 3.8) is 0 Å². The maximum absolute atomic E-state index is 5.91. The average molecular weight is 287 g/mol. The van der Waals surface area contributed by atoms with Crippen LogP contribution in [0.3, 0.4) is 0 Å². The van der Waals surface area contributed by atoms with Crippen molar-refractivity contribution in [3.8, 4) is 11.3 Å². The Labute approximate surface area is 124 Å². The van der Waals surface area contributed by atoms with Crippen molar-refractivity contribution in [2.75, 3.05) is 30.8 Å². The van der Waals surface area contributed by atoms with Gasteiger partial charge in [-0.2, -0.15) is 10.1 Å². The molecular formula is C14H21N7. The van der Waals surface area contributed by atoms with Gasteiger partial charge in [0.25, 0.3) is 0 Å². The monoisotopic (exact) mass is 287 g/mol. The number of likely N-dealkylation sites (N-methyl/N-ethyl adjacent to an activating group) is 1. The van der Waals surface area contributed by atoms with Gasteiger partial charge in [0, 0.05) is 36.5 Å². The number of nitrogens with two attached hydrogens (primary N) is 1. The first-order valence-electron chi connectivity index (χ1n) is 7.17. The van der Waals surface area contributed by atoms with Gasteiger partial charge in [0.05, 0.1) is 11.4 Å². The number of rotatable bonds is 3. The van der Waals surface area contributed by atoms with Crippen molar-refractivity contribution in [1.82, 2.24) is 25.5 Å². The van der Waals surface area contributed by atoms with Crippen LogP contribution in [0, 0.1) is 13.8 Å². The van der Waals surface area contributed by atoms with Crippen LogP contribution in [0.5, 0.6) is 0 Å². The van der Waals surface area contributed by atoms with Crippen molar-refractivity contribution in [1.29, 1.82) is 0 Å². The number of nitrogen functional groups attached to an aromatic ring is 1. The summed E-state index contributed by atoms with van der Waals surface area (Å²) >= 11 is 0. The van der Waals surface area contributed by atoms with E-state index in [0.717, 1.165) is 48.0 Å². The third-order valence-electron chi connectivity index (χ3n) is 4.03. The number of nitrogens with one attached hydrogen (secondary N) is 2. The van der Waals surface area contributed by atoms with Gasteiger partial charge in [0.2, 0.25) is 5.95 Å². The molecule has 3 rings (SSSR count). The summed E-state index contributed by atoms with van der Waals surface area (Å²) in [4.78, 5) is 11.0. The molecule has 1 aliphatic heterocycles. The number of H-pyrrole nitrogens is 1. The quantitative estimate of drug-likeness (QED) is 0.775. The Morgan fingerprint density at radius 1 is 1.38 bits per heavy atom. The van der Waals surface area contributed by atoms with E-state index in [4.69, 9.17) is 5.73 Å². The minimum atomic E-state index is 0.301. The lowest BCUT2D eigenvalue weighted by Crippen LogP contribution is -2.30. The van der Waals surface area contributed by atoms with Crippen molar-refractivity contribution < 1.29 is 0 Å². The number of anilines is 2. The molecule has 1 atom stereocenters. The largest absolute Gasteiger partial charge is 0.368 e. The summed E-state index contributed by atoms with van der Waals surface area (Å²) in [5.41, 5.74) is 9.66. The number of aryl methyl sites for hydroxylation is 2. The molecule has 0 bridgehead atoms. The molecule has 0 aromatic carbocycles. The van der Waals surface area contributed by atoms with E-state index in [1.54, 1.807) is 0 Å². The van der Waals surface area contributed by atoms with Crippen LogP contribution in [0.1, 0.15) is 17.8 Å². The second-order valence-electron chi connectivity index (χ2n) is 5.50. The molecule has 3 heterocycles. The van der Waals surface area contributed by atoms with E-state index in [-0.39, 0.29) is 0 Å². The molecule has 1 fully saturated rings. The second-order valence-corrected chi connectivity index (χ2v) is 5.50. The number of nitrogens with zero attached hydrogens (tertiary/aromatic N) is 4. The summed E-state index contributed by atoms with van der Waals surface area (Å²) in [5.74, 6) is 1.19. The van der Waals surface area contributed by atoms with Gasteiger partial charge >= 0.3 is 0 Å². The predicted octanol–water partition coefficient (Wildman–Crippen LogP) is 0.864. The van der Waals surface area contributed by atoms with E-state index in [1.165, 1.54) is 0 Å². The zero-order valence-corrected chi connectivity index (χ0v) is 12.6. The Hall–Kier alpha value is -2.15. The molecule has 0 radical (unpaired) electrons. The highest BCUT2D eigenvalue weighted by molar-refractivity contribution is 5.68. The fraction of sp³-hybridized carbons (Fsp3) is 0.500. The molecule has 0 aliphatic carbocycles. The normalized spacial score (nSPS) is 18.4. The van der Waals surface area contributed by atoms with Crippen LogP contribution < -0.4 is 16.0 Å². The number of hydrogen-bond acceptors (Lipinski definition) is 6. The molecule has 0 unspecified atom stereocenters. The summed E-state index contributed by atoms with van der Waals surface area (Å²) in [5, 5.41) is 10.5. The zero-order valence-electron chi connectivity index (χ0n) is 12.6. The van der Waals surface area contributed by atoms with Gasteiger partial charge < -0.3 is 16.0 Å². The summed E-state index contributed by atoms with van der Waals surface area (Å²) in [6.07, 6.45) is 1.11. The highest BCUT2D eigenvalue weighted by Gasteiger charge is 2.23. The van der Waals surface area contributed by atoms with Gasteiger partial charge in [0.15, 0.2) is 0 Å². The van der Waals surface area contributed by atoms with Gasteiger partial charge in [0.1, 0.15) is 5.82 Å². The van der Waals surface area contributed by atoms with Crippen molar-refractivity contribution in [2.24, 2.45) is 0 Å². The van der Waals surface area contributed by atoms with E-state index in [9.17, 15) is 0 Å². The van der Waals surface area contributed by atoms with Crippen LogP contribution >= 0.6 is 0 Å². The molecule has 2 aromatic rings. The average Bonchev–Trinajstić information content (AvgIpc) is 3.05. The zero-order chi connectivity index (χ0) is 15.0. The fourth-order valence-electron chi connectivity index (χ4n) is 2.87. The maximum Gasteiger partial charge on any atom is 0.222 e. The molecule has 1 saturated heterocycles. The summed E-state index contributed by atoms with van der Waals surface area (Å²) in [6, 6.07) is 2.50. The van der Waals surface area contributed by atoms with Gasteiger partial charge in [-0.3, -0.25) is 5.10 Å². The van der Waals surface area contributed by atoms with E-state index < -0.39 is 0 Å². The second kappa shape index (κ2) is 5.33. The molecule has 7 heteroatoms. The number of hydrogen-bond donors (Lipinski definition) is 3. The van der Waals surface area contributed by atoms with Gasteiger partial charge in [-0.1, -0.05) is 0 Å². The predicted molar refractivity (Wildman–Crippen MR) is 83.2 cm³/mol. The van der Waals surface area contributed by atoms with E-state index in [0.29, 0.717) is 12.0 Å². The van der Waals surface area contributed by atoms with Gasteiger partial charge in [-0.25, -0.2) is 4.98 Å². The van der Waals surface area contributed by atoms with Crippen LogP contribution in [0.2, 0.25) is 0 Å². The number of aromatic amines is 1. The minimum absolute atomic E-state index is 0.301. The van der Waals surface area contributed by atoms with E-state index in [2.05, 4.69) is 30.4 Å². The van der Waals surface area contributed by atoms with Crippen molar-refractivity contribution in [3.05, 3.63) is 17.5 Å². The Morgan fingerprint density at radius 2 is 2.19 bits per heavy atom. The molecule has 0 saturated carbocycles. The van der Waals surface area contributed by atoms with Gasteiger partial charge in [-0.05, 0) is 27.3 Å². The van der Waals surface area contributed by atoms with Crippen LogP contribution in [0.25, 0.3) is 11.3 Å². The lowest BCUT2D eigenvalue weighted by Gasteiger charge is -2.18. The summed E-state index contributed by atoms with van der Waals surface area (Å²) in [6.45, 7) is 5.87. The first-order chi connectivity index (χ1) is 10.1. The Balaban J connectivity index is 1.98. The smallest absolute Gasteiger partial charge is 0.222 e. The molecule has 112 valence electrons. The van der Waals surface area contributed by atoms with Crippen molar-refractivity contribution >= 4 is 11.8 Å². The third-order valence-corrected chi connectivity index (χ3v) is 4.03. The topological polar surface area (TPSA) is 95.8 Å². The van der Waals surface area contributed by atoms with Crippen LogP contribution in [-0.4, -0.2) is 46.3 Å². The lowest BCUT2D eigenvalue weighted by atomic mass is 10.1. The minimum Gasteiger partial charge on any atom is -0.368 e. The van der Waals surface area contributed by atoms with Crippen LogP contribution in [-0.2, 0) is 0 Å². The van der Waals surface area contributed by atoms with Crippen LogP contribution in [0.15, 0.2) is 6.07 Å². The Kier molecular flexibility index (Phi) is 3.50. The summed E-state index contributed by atoms with van der Waals surface area (Å²) in [7, 11) is 1.99. The lowest BCUT2D eigenvalue weighted by molar-refractivity contribution is 0.616. The number of aromatic nitrogens is 4. The maximum atomic E-state index is 5.91. The molecule has 0 spiro atoms. The standard InChI is InChI=1S/C14H21N7/c1-8-13(9(2)20-19-8)11-6-12(18-14(15)17-11)21-5-4-10(7-21)16-3/h6,10,16H,4-5,7H2,1-3H3,(H,19,20)(H2,15,17,18)/t10-/m1/s1. The van der Waals surface area contributed by atoms with Crippen LogP contribution in [0.4, 0.5) is 11.8 Å². The summed E-state index contributed by atoms with van der Waals surface area (Å²) < 4.78 is 0. The third kappa shape index (κ3) is 2.56. The fourth-order valence-corrected chi connectivity index (χ4v) is 2.87.